The molecule has 0 spiro atoms. The molecule has 0 bridgehead atoms. The topological polar surface area (TPSA) is 64.7 Å². The Balaban J connectivity index is 0.00000361. The summed E-state index contributed by atoms with van der Waals surface area (Å²) in [5, 5.41) is 9.16. The molecular formula is C11H14BrClF3NO3. The summed E-state index contributed by atoms with van der Waals surface area (Å²) in [6.07, 6.45) is -7.46. The maximum atomic E-state index is 12.4. The monoisotopic (exact) mass is 379 g/mol. The quantitative estimate of drug-likeness (QED) is 0.843. The number of alkyl halides is 3. The molecule has 1 rings (SSSR count). The summed E-state index contributed by atoms with van der Waals surface area (Å²) in [5.41, 5.74) is 5.48. The lowest BCUT2D eigenvalue weighted by atomic mass is 10.0. The van der Waals surface area contributed by atoms with Gasteiger partial charge in [0.15, 0.2) is 6.10 Å². The Labute approximate surface area is 128 Å². The molecule has 9 heteroatoms. The minimum absolute atomic E-state index is 0. The summed E-state index contributed by atoms with van der Waals surface area (Å²) in [7, 11) is 2.71. The van der Waals surface area contributed by atoms with Crippen LogP contribution < -0.4 is 15.2 Å². The Morgan fingerprint density at radius 3 is 1.90 bits per heavy atom. The third-order valence-corrected chi connectivity index (χ3v) is 3.31. The van der Waals surface area contributed by atoms with Crippen LogP contribution in [0.5, 0.6) is 11.5 Å². The Kier molecular flexibility index (Phi) is 7.09. The van der Waals surface area contributed by atoms with Crippen LogP contribution in [0, 0.1) is 0 Å². The van der Waals surface area contributed by atoms with E-state index in [1.807, 2.05) is 0 Å². The van der Waals surface area contributed by atoms with Crippen LogP contribution in [0.2, 0.25) is 0 Å². The predicted octanol–water partition coefficient (Wildman–Crippen LogP) is 2.81. The standard InChI is InChI=1S/C11H13BrF3NO3.ClH/c1-18-6-3-5(4-7(19-2)8(6)12)9(16)10(17)11(13,14)15;/h3-4,9-10,17H,16H2,1-2H3;1H/t9-,10-;/m1./s1. The number of hydrogen-bond acceptors (Lipinski definition) is 4. The Morgan fingerprint density at radius 2 is 1.60 bits per heavy atom. The zero-order valence-corrected chi connectivity index (χ0v) is 13.0. The van der Waals surface area contributed by atoms with Crippen LogP contribution in [0.4, 0.5) is 13.2 Å². The van der Waals surface area contributed by atoms with E-state index in [9.17, 15) is 13.2 Å². The SMILES string of the molecule is COc1cc([C@@H](N)[C@@H](O)C(F)(F)F)cc(OC)c1Br.Cl. The van der Waals surface area contributed by atoms with Gasteiger partial charge in [-0.25, -0.2) is 0 Å². The molecule has 2 atom stereocenters. The largest absolute Gasteiger partial charge is 0.495 e. The summed E-state index contributed by atoms with van der Waals surface area (Å²) < 4.78 is 47.7. The van der Waals surface area contributed by atoms with Gasteiger partial charge < -0.3 is 20.3 Å². The third-order valence-electron chi connectivity index (χ3n) is 2.53. The maximum Gasteiger partial charge on any atom is 0.416 e. The van der Waals surface area contributed by atoms with Crippen molar-refractivity contribution in [2.45, 2.75) is 18.3 Å². The molecule has 0 aliphatic carbocycles. The predicted molar refractivity (Wildman–Crippen MR) is 73.5 cm³/mol. The highest BCUT2D eigenvalue weighted by Crippen LogP contribution is 2.38. The first-order chi connectivity index (χ1) is 8.72. The van der Waals surface area contributed by atoms with Crippen LogP contribution in [0.25, 0.3) is 0 Å². The zero-order valence-electron chi connectivity index (χ0n) is 10.6. The van der Waals surface area contributed by atoms with Crippen molar-refractivity contribution in [2.75, 3.05) is 14.2 Å². The van der Waals surface area contributed by atoms with E-state index in [2.05, 4.69) is 15.9 Å². The smallest absolute Gasteiger partial charge is 0.416 e. The number of hydrogen-bond donors (Lipinski definition) is 2. The summed E-state index contributed by atoms with van der Waals surface area (Å²) in [6.45, 7) is 0. The minimum Gasteiger partial charge on any atom is -0.495 e. The molecule has 0 fully saturated rings. The van der Waals surface area contributed by atoms with E-state index in [0.717, 1.165) is 0 Å². The molecule has 0 aromatic heterocycles. The van der Waals surface area contributed by atoms with Gasteiger partial charge >= 0.3 is 6.18 Å². The Hall–Kier alpha value is -0.700. The molecule has 1 aromatic rings. The van der Waals surface area contributed by atoms with E-state index in [0.29, 0.717) is 4.47 Å². The second kappa shape index (κ2) is 7.35. The number of halogens is 5. The molecule has 0 radical (unpaired) electrons. The lowest BCUT2D eigenvalue weighted by Crippen LogP contribution is -2.38. The Morgan fingerprint density at radius 1 is 1.20 bits per heavy atom. The van der Waals surface area contributed by atoms with E-state index in [4.69, 9.17) is 20.3 Å². The molecule has 0 saturated heterocycles. The van der Waals surface area contributed by atoms with E-state index in [-0.39, 0.29) is 29.5 Å². The lowest BCUT2D eigenvalue weighted by Gasteiger charge is -2.23. The number of ether oxygens (including phenoxy) is 2. The van der Waals surface area contributed by atoms with Gasteiger partial charge in [-0.15, -0.1) is 12.4 Å². The van der Waals surface area contributed by atoms with Gasteiger partial charge in [0.05, 0.1) is 20.3 Å². The average molecular weight is 381 g/mol. The van der Waals surface area contributed by atoms with Gasteiger partial charge in [0, 0.05) is 0 Å². The summed E-state index contributed by atoms with van der Waals surface area (Å²) in [4.78, 5) is 0. The average Bonchev–Trinajstić information content (AvgIpc) is 2.36. The highest BCUT2D eigenvalue weighted by molar-refractivity contribution is 9.10. The number of methoxy groups -OCH3 is 2. The van der Waals surface area contributed by atoms with Crippen LogP contribution in [0.3, 0.4) is 0 Å². The van der Waals surface area contributed by atoms with E-state index >= 15 is 0 Å². The fraction of sp³-hybridized carbons (Fsp3) is 0.455. The molecule has 0 amide bonds. The summed E-state index contributed by atoms with van der Waals surface area (Å²) >= 11 is 3.19. The van der Waals surface area contributed by atoms with Crippen molar-refractivity contribution < 1.29 is 27.8 Å². The molecule has 116 valence electrons. The van der Waals surface area contributed by atoms with Crippen LogP contribution in [0.15, 0.2) is 16.6 Å². The van der Waals surface area contributed by atoms with Gasteiger partial charge in [-0.3, -0.25) is 0 Å². The first-order valence-corrected chi connectivity index (χ1v) is 5.93. The van der Waals surface area contributed by atoms with Crippen molar-refractivity contribution in [1.82, 2.24) is 0 Å². The number of rotatable bonds is 4. The van der Waals surface area contributed by atoms with E-state index < -0.39 is 18.3 Å². The van der Waals surface area contributed by atoms with E-state index in [1.54, 1.807) is 0 Å². The number of aliphatic hydroxyl groups is 1. The lowest BCUT2D eigenvalue weighted by molar-refractivity contribution is -0.210. The van der Waals surface area contributed by atoms with Crippen LogP contribution in [-0.4, -0.2) is 31.6 Å². The van der Waals surface area contributed by atoms with Crippen molar-refractivity contribution in [1.29, 1.82) is 0 Å². The molecule has 1 aromatic carbocycles. The highest BCUT2D eigenvalue weighted by atomic mass is 79.9. The first kappa shape index (κ1) is 19.3. The third kappa shape index (κ3) is 4.15. The zero-order chi connectivity index (χ0) is 14.8. The molecule has 3 N–H and O–H groups in total. The van der Waals surface area contributed by atoms with Gasteiger partial charge in [0.25, 0.3) is 0 Å². The number of aliphatic hydroxyl groups excluding tert-OH is 1. The first-order valence-electron chi connectivity index (χ1n) is 5.14. The van der Waals surface area contributed by atoms with Crippen molar-refractivity contribution in [3.8, 4) is 11.5 Å². The van der Waals surface area contributed by atoms with Crippen molar-refractivity contribution in [3.05, 3.63) is 22.2 Å². The van der Waals surface area contributed by atoms with Crippen LogP contribution >= 0.6 is 28.3 Å². The molecular weight excluding hydrogens is 366 g/mol. The normalized spacial score (nSPS) is 14.2. The van der Waals surface area contributed by atoms with Crippen molar-refractivity contribution in [2.24, 2.45) is 5.73 Å². The Bertz CT molecular complexity index is 434. The van der Waals surface area contributed by atoms with Gasteiger partial charge in [0.1, 0.15) is 16.0 Å². The minimum atomic E-state index is -4.80. The van der Waals surface area contributed by atoms with Crippen molar-refractivity contribution >= 4 is 28.3 Å². The highest BCUT2D eigenvalue weighted by Gasteiger charge is 2.43. The van der Waals surface area contributed by atoms with Crippen LogP contribution in [0.1, 0.15) is 11.6 Å². The van der Waals surface area contributed by atoms with Crippen LogP contribution in [-0.2, 0) is 0 Å². The van der Waals surface area contributed by atoms with Gasteiger partial charge in [0.2, 0.25) is 0 Å². The second-order valence-corrected chi connectivity index (χ2v) is 4.54. The molecule has 4 nitrogen and oxygen atoms in total. The summed E-state index contributed by atoms with van der Waals surface area (Å²) in [6, 6.07) is 0.995. The second-order valence-electron chi connectivity index (χ2n) is 3.75. The number of benzene rings is 1. The van der Waals surface area contributed by atoms with Gasteiger partial charge in [-0.1, -0.05) is 0 Å². The van der Waals surface area contributed by atoms with Crippen molar-refractivity contribution in [3.63, 3.8) is 0 Å². The molecule has 0 aliphatic rings. The fourth-order valence-electron chi connectivity index (χ4n) is 1.47. The molecule has 0 heterocycles. The molecule has 20 heavy (non-hydrogen) atoms. The maximum absolute atomic E-state index is 12.4. The molecule has 0 unspecified atom stereocenters. The fourth-order valence-corrected chi connectivity index (χ4v) is 2.02. The molecule has 0 saturated carbocycles. The number of nitrogens with two attached hydrogens (primary N) is 1. The van der Waals surface area contributed by atoms with Gasteiger partial charge in [-0.05, 0) is 33.6 Å². The summed E-state index contributed by atoms with van der Waals surface area (Å²) in [5.74, 6) is 0.526. The van der Waals surface area contributed by atoms with Gasteiger partial charge in [-0.2, -0.15) is 13.2 Å². The molecule has 0 aliphatic heterocycles. The van der Waals surface area contributed by atoms with E-state index in [1.165, 1.54) is 26.4 Å².